The summed E-state index contributed by atoms with van der Waals surface area (Å²) in [6.45, 7) is 6.82. The van der Waals surface area contributed by atoms with Crippen LogP contribution in [0.3, 0.4) is 0 Å². The number of fused-ring (bicyclic) bond motifs is 1. The molecule has 6 heteroatoms. The zero-order chi connectivity index (χ0) is 25.7. The van der Waals surface area contributed by atoms with Crippen molar-refractivity contribution >= 4 is 22.6 Å². The van der Waals surface area contributed by atoms with Crippen LogP contribution in [0.2, 0.25) is 0 Å². The summed E-state index contributed by atoms with van der Waals surface area (Å²) in [5, 5.41) is 13.9. The van der Waals surface area contributed by atoms with E-state index in [4.69, 9.17) is 4.74 Å². The Bertz CT molecular complexity index is 1110. The smallest absolute Gasteiger partial charge is 0.326 e. The molecule has 2 fully saturated rings. The minimum Gasteiger partial charge on any atom is -0.492 e. The highest BCUT2D eigenvalue weighted by atomic mass is 19.1. The van der Waals surface area contributed by atoms with Gasteiger partial charge in [0.25, 0.3) is 5.91 Å². The van der Waals surface area contributed by atoms with Gasteiger partial charge in [-0.15, -0.1) is 0 Å². The number of carbonyl (C=O) groups excluding carboxylic acids is 1. The molecule has 2 unspecified atom stereocenters. The Morgan fingerprint density at radius 2 is 1.92 bits per heavy atom. The Morgan fingerprint density at radius 3 is 2.64 bits per heavy atom. The van der Waals surface area contributed by atoms with Crippen LogP contribution in [0.1, 0.15) is 81.5 Å². The van der Waals surface area contributed by atoms with Gasteiger partial charge in [-0.25, -0.2) is 9.18 Å². The number of amides is 1. The van der Waals surface area contributed by atoms with E-state index in [1.54, 1.807) is 18.2 Å². The normalized spacial score (nSPS) is 21.8. The van der Waals surface area contributed by atoms with E-state index in [-0.39, 0.29) is 11.4 Å². The van der Waals surface area contributed by atoms with Crippen LogP contribution in [0.25, 0.3) is 10.8 Å². The largest absolute Gasteiger partial charge is 0.492 e. The summed E-state index contributed by atoms with van der Waals surface area (Å²) in [6.07, 6.45) is 9.87. The van der Waals surface area contributed by atoms with Gasteiger partial charge < -0.3 is 15.2 Å². The van der Waals surface area contributed by atoms with Crippen molar-refractivity contribution in [1.29, 1.82) is 0 Å². The average molecular weight is 496 g/mol. The Hall–Kier alpha value is -2.89. The van der Waals surface area contributed by atoms with Gasteiger partial charge in [-0.05, 0) is 92.4 Å². The molecular formula is C30H38FNO4. The molecule has 0 saturated heterocycles. The van der Waals surface area contributed by atoms with Crippen LogP contribution < -0.4 is 10.1 Å². The van der Waals surface area contributed by atoms with E-state index in [1.165, 1.54) is 37.0 Å². The third kappa shape index (κ3) is 6.65. The molecule has 2 aliphatic rings. The zero-order valence-electron chi connectivity index (χ0n) is 21.2. The summed E-state index contributed by atoms with van der Waals surface area (Å²) in [6, 6.07) is 6.71. The zero-order valence-corrected chi connectivity index (χ0v) is 21.2. The van der Waals surface area contributed by atoms with Crippen molar-refractivity contribution in [2.45, 2.75) is 77.2 Å². The van der Waals surface area contributed by atoms with E-state index in [9.17, 15) is 19.1 Å². The third-order valence-corrected chi connectivity index (χ3v) is 7.78. The highest BCUT2D eigenvalue weighted by Gasteiger charge is 2.27. The highest BCUT2D eigenvalue weighted by Crippen LogP contribution is 2.35. The number of carbonyl (C=O) groups is 2. The Kier molecular flexibility index (Phi) is 8.65. The van der Waals surface area contributed by atoms with Gasteiger partial charge in [-0.2, -0.15) is 0 Å². The van der Waals surface area contributed by atoms with Gasteiger partial charge in [0.15, 0.2) is 0 Å². The predicted octanol–water partition coefficient (Wildman–Crippen LogP) is 6.89. The number of halogens is 1. The van der Waals surface area contributed by atoms with Crippen LogP contribution in [-0.2, 0) is 4.79 Å². The fourth-order valence-corrected chi connectivity index (χ4v) is 6.00. The molecule has 0 radical (unpaired) electrons. The Labute approximate surface area is 213 Å². The maximum atomic E-state index is 13.9. The summed E-state index contributed by atoms with van der Waals surface area (Å²) in [7, 11) is 0. The first-order valence-corrected chi connectivity index (χ1v) is 13.4. The number of carboxylic acids is 1. The summed E-state index contributed by atoms with van der Waals surface area (Å²) in [5.74, 6) is -0.108. The topological polar surface area (TPSA) is 75.6 Å². The molecule has 2 aromatic rings. The molecule has 0 spiro atoms. The molecule has 36 heavy (non-hydrogen) atoms. The summed E-state index contributed by atoms with van der Waals surface area (Å²) in [4.78, 5) is 25.4. The van der Waals surface area contributed by atoms with Crippen LogP contribution in [0, 0.1) is 23.6 Å². The van der Waals surface area contributed by atoms with Crippen LogP contribution in [-0.4, -0.2) is 29.6 Å². The molecule has 0 bridgehead atoms. The molecule has 4 rings (SSSR count). The van der Waals surface area contributed by atoms with Gasteiger partial charge in [-0.3, -0.25) is 4.79 Å². The lowest BCUT2D eigenvalue weighted by Crippen LogP contribution is -2.41. The van der Waals surface area contributed by atoms with Crippen LogP contribution in [0.4, 0.5) is 4.39 Å². The first-order valence-electron chi connectivity index (χ1n) is 13.4. The van der Waals surface area contributed by atoms with Crippen LogP contribution in [0.5, 0.6) is 5.75 Å². The second-order valence-electron chi connectivity index (χ2n) is 10.9. The predicted molar refractivity (Wildman–Crippen MR) is 140 cm³/mol. The van der Waals surface area contributed by atoms with Crippen LogP contribution in [0.15, 0.2) is 42.5 Å². The molecule has 0 heterocycles. The first kappa shape index (κ1) is 26.2. The SMILES string of the molecule is C=C1CC(C)CC(CC[C@H](NC(=O)c2ccc3cc(F)ccc3c2OCC2CCCCC2)C(=O)O)C1. The number of ether oxygens (including phenoxy) is 1. The number of allylic oxidation sites excluding steroid dienone is 1. The maximum absolute atomic E-state index is 13.9. The first-order chi connectivity index (χ1) is 17.3. The van der Waals surface area contributed by atoms with E-state index in [0.29, 0.717) is 47.3 Å². The van der Waals surface area contributed by atoms with Crippen molar-refractivity contribution in [3.8, 4) is 5.75 Å². The molecule has 1 amide bonds. The summed E-state index contributed by atoms with van der Waals surface area (Å²) >= 11 is 0. The minimum absolute atomic E-state index is 0.288. The van der Waals surface area contributed by atoms with E-state index >= 15 is 0 Å². The number of carboxylic acid groups (broad SMARTS) is 1. The number of nitrogens with one attached hydrogen (secondary N) is 1. The molecule has 0 aliphatic heterocycles. The molecule has 5 nitrogen and oxygen atoms in total. The van der Waals surface area contributed by atoms with E-state index in [1.807, 2.05) is 0 Å². The Morgan fingerprint density at radius 1 is 1.14 bits per heavy atom. The van der Waals surface area contributed by atoms with Gasteiger partial charge >= 0.3 is 5.97 Å². The number of rotatable bonds is 9. The monoisotopic (exact) mass is 495 g/mol. The summed E-state index contributed by atoms with van der Waals surface area (Å²) in [5.41, 5.74) is 1.51. The van der Waals surface area contributed by atoms with Crippen molar-refractivity contribution in [2.24, 2.45) is 17.8 Å². The lowest BCUT2D eigenvalue weighted by atomic mass is 9.77. The number of aliphatic carboxylic acids is 1. The number of benzene rings is 2. The minimum atomic E-state index is -1.04. The molecule has 3 atom stereocenters. The van der Waals surface area contributed by atoms with E-state index < -0.39 is 17.9 Å². The number of hydrogen-bond donors (Lipinski definition) is 2. The molecular weight excluding hydrogens is 457 g/mol. The lowest BCUT2D eigenvalue weighted by Gasteiger charge is -2.29. The lowest BCUT2D eigenvalue weighted by molar-refractivity contribution is -0.139. The maximum Gasteiger partial charge on any atom is 0.326 e. The molecule has 2 saturated carbocycles. The van der Waals surface area contributed by atoms with Crippen molar-refractivity contribution in [1.82, 2.24) is 5.32 Å². The molecule has 2 aliphatic carbocycles. The number of hydrogen-bond acceptors (Lipinski definition) is 3. The van der Waals surface area contributed by atoms with Crippen molar-refractivity contribution in [2.75, 3.05) is 6.61 Å². The van der Waals surface area contributed by atoms with E-state index in [0.717, 1.165) is 38.5 Å². The highest BCUT2D eigenvalue weighted by molar-refractivity contribution is 6.04. The quantitative estimate of drug-likeness (QED) is 0.371. The van der Waals surface area contributed by atoms with Crippen molar-refractivity contribution in [3.63, 3.8) is 0 Å². The summed E-state index contributed by atoms with van der Waals surface area (Å²) < 4.78 is 20.1. The van der Waals surface area contributed by atoms with Gasteiger partial charge in [0, 0.05) is 5.39 Å². The van der Waals surface area contributed by atoms with Gasteiger partial charge in [-0.1, -0.05) is 44.4 Å². The third-order valence-electron chi connectivity index (χ3n) is 7.78. The van der Waals surface area contributed by atoms with Gasteiger partial charge in [0.1, 0.15) is 17.6 Å². The molecule has 2 aromatic carbocycles. The fourth-order valence-electron chi connectivity index (χ4n) is 6.00. The fraction of sp³-hybridized carbons (Fsp3) is 0.533. The van der Waals surface area contributed by atoms with Gasteiger partial charge in [0.05, 0.1) is 12.2 Å². The molecule has 0 aromatic heterocycles. The Balaban J connectivity index is 1.51. The molecule has 2 N–H and O–H groups in total. The van der Waals surface area contributed by atoms with Crippen LogP contribution >= 0.6 is 0 Å². The van der Waals surface area contributed by atoms with E-state index in [2.05, 4.69) is 18.8 Å². The van der Waals surface area contributed by atoms with Gasteiger partial charge in [0.2, 0.25) is 0 Å². The standard InChI is InChI=1S/C30H38FNO4/c1-19-14-20(2)16-22(15-19)8-13-27(30(34)35)32-29(33)26-11-9-23-17-24(31)10-12-25(23)28(26)36-18-21-6-4-3-5-7-21/h9-12,17,20-22,27H,1,3-8,13-16,18H2,2H3,(H,32,33)(H,34,35)/t20?,22?,27-/m0/s1. The van der Waals surface area contributed by atoms with Crippen molar-refractivity contribution in [3.05, 3.63) is 53.9 Å². The van der Waals surface area contributed by atoms with Crippen molar-refractivity contribution < 1.29 is 23.8 Å². The second kappa shape index (κ2) is 11.9. The second-order valence-corrected chi connectivity index (χ2v) is 10.9. The molecule has 194 valence electrons. The average Bonchev–Trinajstić information content (AvgIpc) is 2.84.